The van der Waals surface area contributed by atoms with Gasteiger partial charge in [0.05, 0.1) is 6.04 Å². The van der Waals surface area contributed by atoms with Gasteiger partial charge in [-0.05, 0) is 38.1 Å². The highest BCUT2D eigenvalue weighted by molar-refractivity contribution is 5.82. The molecular formula is C15H20FNO. The predicted octanol–water partition coefficient (Wildman–Crippen LogP) is 4.19. The molecule has 2 atom stereocenters. The molecule has 0 aliphatic rings. The molecule has 2 rings (SSSR count). The summed E-state index contributed by atoms with van der Waals surface area (Å²) in [6.07, 6.45) is 1.07. The molecule has 18 heavy (non-hydrogen) atoms. The molecule has 1 aromatic carbocycles. The Labute approximate surface area is 107 Å². The van der Waals surface area contributed by atoms with Crippen molar-refractivity contribution in [2.24, 2.45) is 5.92 Å². The smallest absolute Gasteiger partial charge is 0.134 e. The van der Waals surface area contributed by atoms with Crippen LogP contribution in [0.3, 0.4) is 0 Å². The van der Waals surface area contributed by atoms with Gasteiger partial charge < -0.3 is 9.73 Å². The zero-order valence-electron chi connectivity index (χ0n) is 11.4. The highest BCUT2D eigenvalue weighted by Crippen LogP contribution is 2.33. The Morgan fingerprint density at radius 1 is 1.39 bits per heavy atom. The Hall–Kier alpha value is -1.35. The second-order valence-electron chi connectivity index (χ2n) is 4.88. The van der Waals surface area contributed by atoms with Crippen molar-refractivity contribution in [2.45, 2.75) is 33.2 Å². The van der Waals surface area contributed by atoms with Crippen LogP contribution in [0.5, 0.6) is 0 Å². The molecule has 3 heteroatoms. The Morgan fingerprint density at radius 2 is 2.11 bits per heavy atom. The van der Waals surface area contributed by atoms with Gasteiger partial charge in [-0.1, -0.05) is 20.3 Å². The quantitative estimate of drug-likeness (QED) is 0.879. The minimum atomic E-state index is -0.220. The number of benzene rings is 1. The van der Waals surface area contributed by atoms with E-state index in [0.29, 0.717) is 5.92 Å². The first-order valence-electron chi connectivity index (χ1n) is 6.44. The number of hydrogen-bond donors (Lipinski definition) is 1. The van der Waals surface area contributed by atoms with E-state index in [0.717, 1.165) is 28.7 Å². The molecule has 0 fully saturated rings. The third-order valence-corrected chi connectivity index (χ3v) is 3.74. The molecule has 0 aliphatic carbocycles. The topological polar surface area (TPSA) is 25.2 Å². The highest BCUT2D eigenvalue weighted by Gasteiger charge is 2.23. The fourth-order valence-electron chi connectivity index (χ4n) is 2.42. The second-order valence-corrected chi connectivity index (χ2v) is 4.88. The minimum Gasteiger partial charge on any atom is -0.459 e. The molecule has 2 aromatic rings. The summed E-state index contributed by atoms with van der Waals surface area (Å²) in [5.41, 5.74) is 1.79. The highest BCUT2D eigenvalue weighted by atomic mass is 19.1. The minimum absolute atomic E-state index is 0.172. The Morgan fingerprint density at radius 3 is 2.72 bits per heavy atom. The maximum Gasteiger partial charge on any atom is 0.134 e. The van der Waals surface area contributed by atoms with Gasteiger partial charge in [-0.15, -0.1) is 0 Å². The number of nitrogens with one attached hydrogen (secondary N) is 1. The van der Waals surface area contributed by atoms with Gasteiger partial charge in [0.1, 0.15) is 17.2 Å². The summed E-state index contributed by atoms with van der Waals surface area (Å²) in [6.45, 7) is 6.34. The lowest BCUT2D eigenvalue weighted by atomic mass is 9.95. The van der Waals surface area contributed by atoms with Crippen LogP contribution in [-0.4, -0.2) is 7.05 Å². The SMILES string of the molecule is CCC(C)C(NC)c1oc2ccc(F)cc2c1C. The number of hydrogen-bond acceptors (Lipinski definition) is 2. The van der Waals surface area contributed by atoms with Crippen molar-refractivity contribution in [3.05, 3.63) is 35.3 Å². The van der Waals surface area contributed by atoms with Crippen LogP contribution in [-0.2, 0) is 0 Å². The summed E-state index contributed by atoms with van der Waals surface area (Å²) < 4.78 is 19.2. The van der Waals surface area contributed by atoms with Crippen molar-refractivity contribution in [1.29, 1.82) is 0 Å². The maximum absolute atomic E-state index is 13.3. The van der Waals surface area contributed by atoms with Crippen LogP contribution >= 0.6 is 0 Å². The van der Waals surface area contributed by atoms with Gasteiger partial charge in [-0.3, -0.25) is 0 Å². The van der Waals surface area contributed by atoms with Gasteiger partial charge in [0, 0.05) is 10.9 Å². The molecule has 0 saturated heterocycles. The third-order valence-electron chi connectivity index (χ3n) is 3.74. The molecule has 0 amide bonds. The van der Waals surface area contributed by atoms with E-state index in [2.05, 4.69) is 19.2 Å². The van der Waals surface area contributed by atoms with Gasteiger partial charge in [-0.25, -0.2) is 4.39 Å². The average Bonchev–Trinajstić information content (AvgIpc) is 2.68. The van der Waals surface area contributed by atoms with Crippen LogP contribution in [0, 0.1) is 18.7 Å². The lowest BCUT2D eigenvalue weighted by Crippen LogP contribution is -2.23. The standard InChI is InChI=1S/C15H20FNO/c1-5-9(2)14(17-4)15-10(3)12-8-11(16)6-7-13(12)18-15/h6-9,14,17H,5H2,1-4H3. The Bertz CT molecular complexity index is 547. The zero-order chi connectivity index (χ0) is 13.3. The fraction of sp³-hybridized carbons (Fsp3) is 0.467. The molecule has 1 heterocycles. The van der Waals surface area contributed by atoms with E-state index < -0.39 is 0 Å². The predicted molar refractivity (Wildman–Crippen MR) is 72.2 cm³/mol. The van der Waals surface area contributed by atoms with Gasteiger partial charge in [-0.2, -0.15) is 0 Å². The molecule has 1 aromatic heterocycles. The first-order chi connectivity index (χ1) is 8.58. The summed E-state index contributed by atoms with van der Waals surface area (Å²) in [5, 5.41) is 4.17. The zero-order valence-corrected chi connectivity index (χ0v) is 11.4. The number of fused-ring (bicyclic) bond motifs is 1. The monoisotopic (exact) mass is 249 g/mol. The van der Waals surface area contributed by atoms with Crippen molar-refractivity contribution in [3.63, 3.8) is 0 Å². The molecule has 2 nitrogen and oxygen atoms in total. The van der Waals surface area contributed by atoms with E-state index in [4.69, 9.17) is 4.42 Å². The molecule has 0 aliphatic heterocycles. The molecule has 2 unspecified atom stereocenters. The molecule has 0 bridgehead atoms. The largest absolute Gasteiger partial charge is 0.459 e. The van der Waals surface area contributed by atoms with Gasteiger partial charge >= 0.3 is 0 Å². The molecule has 1 N–H and O–H groups in total. The molecule has 0 radical (unpaired) electrons. The summed E-state index contributed by atoms with van der Waals surface area (Å²) in [7, 11) is 1.93. The average molecular weight is 249 g/mol. The lowest BCUT2D eigenvalue weighted by molar-refractivity contribution is 0.342. The third kappa shape index (κ3) is 2.15. The van der Waals surface area contributed by atoms with Gasteiger partial charge in [0.15, 0.2) is 0 Å². The van der Waals surface area contributed by atoms with E-state index in [1.54, 1.807) is 12.1 Å². The van der Waals surface area contributed by atoms with Crippen molar-refractivity contribution in [2.75, 3.05) is 7.05 Å². The summed E-state index contributed by atoms with van der Waals surface area (Å²) in [6, 6.07) is 4.85. The number of halogens is 1. The van der Waals surface area contributed by atoms with Crippen LogP contribution < -0.4 is 5.32 Å². The second kappa shape index (κ2) is 5.11. The lowest BCUT2D eigenvalue weighted by Gasteiger charge is -2.21. The van der Waals surface area contributed by atoms with Crippen LogP contribution in [0.4, 0.5) is 4.39 Å². The van der Waals surface area contributed by atoms with Crippen LogP contribution in [0.15, 0.2) is 22.6 Å². The summed E-state index contributed by atoms with van der Waals surface area (Å²) in [5.74, 6) is 1.18. The van der Waals surface area contributed by atoms with Crippen LogP contribution in [0.2, 0.25) is 0 Å². The number of furan rings is 1. The first-order valence-corrected chi connectivity index (χ1v) is 6.44. The van der Waals surface area contributed by atoms with E-state index in [1.807, 2.05) is 14.0 Å². The van der Waals surface area contributed by atoms with Gasteiger partial charge in [0.2, 0.25) is 0 Å². The van der Waals surface area contributed by atoms with E-state index in [1.165, 1.54) is 6.07 Å². The van der Waals surface area contributed by atoms with Crippen molar-refractivity contribution in [1.82, 2.24) is 5.32 Å². The van der Waals surface area contributed by atoms with E-state index in [-0.39, 0.29) is 11.9 Å². The van der Waals surface area contributed by atoms with Crippen molar-refractivity contribution in [3.8, 4) is 0 Å². The van der Waals surface area contributed by atoms with Crippen molar-refractivity contribution < 1.29 is 8.81 Å². The van der Waals surface area contributed by atoms with Crippen LogP contribution in [0.1, 0.15) is 37.6 Å². The van der Waals surface area contributed by atoms with Crippen molar-refractivity contribution >= 4 is 11.0 Å². The van der Waals surface area contributed by atoms with Crippen LogP contribution in [0.25, 0.3) is 11.0 Å². The Kier molecular flexibility index (Phi) is 3.71. The first kappa shape index (κ1) is 13.1. The molecule has 0 spiro atoms. The molecule has 98 valence electrons. The fourth-order valence-corrected chi connectivity index (χ4v) is 2.42. The summed E-state index contributed by atoms with van der Waals surface area (Å²) in [4.78, 5) is 0. The Balaban J connectivity index is 2.53. The van der Waals surface area contributed by atoms with Gasteiger partial charge in [0.25, 0.3) is 0 Å². The van der Waals surface area contributed by atoms with E-state index >= 15 is 0 Å². The van der Waals surface area contributed by atoms with E-state index in [9.17, 15) is 4.39 Å². The number of rotatable bonds is 4. The maximum atomic E-state index is 13.3. The number of aryl methyl sites for hydroxylation is 1. The molecule has 0 saturated carbocycles. The summed E-state index contributed by atoms with van der Waals surface area (Å²) >= 11 is 0. The normalized spacial score (nSPS) is 14.9. The molecular weight excluding hydrogens is 229 g/mol.